The van der Waals surface area contributed by atoms with Crippen molar-refractivity contribution in [1.82, 2.24) is 5.32 Å². The Bertz CT molecular complexity index is 637. The number of rotatable bonds is 5. The molecule has 0 radical (unpaired) electrons. The van der Waals surface area contributed by atoms with Crippen LogP contribution < -0.4 is 10.1 Å². The van der Waals surface area contributed by atoms with Gasteiger partial charge in [0.25, 0.3) is 5.91 Å². The minimum Gasteiger partial charge on any atom is -0.481 e. The van der Waals surface area contributed by atoms with Crippen LogP contribution in [0.1, 0.15) is 36.6 Å². The molecule has 1 N–H and O–H groups in total. The highest BCUT2D eigenvalue weighted by Crippen LogP contribution is 2.19. The molecule has 0 heterocycles. The first kappa shape index (κ1) is 16.1. The highest BCUT2D eigenvalue weighted by Gasteiger charge is 2.18. The molecule has 2 aromatic carbocycles. The van der Waals surface area contributed by atoms with Crippen molar-refractivity contribution >= 4 is 5.91 Å². The first-order valence-electron chi connectivity index (χ1n) is 7.56. The number of hydrogen-bond acceptors (Lipinski definition) is 2. The third kappa shape index (κ3) is 4.10. The maximum absolute atomic E-state index is 12.3. The van der Waals surface area contributed by atoms with Crippen molar-refractivity contribution in [3.05, 3.63) is 65.2 Å². The molecule has 0 bridgehead atoms. The van der Waals surface area contributed by atoms with Crippen LogP contribution in [-0.4, -0.2) is 12.0 Å². The lowest BCUT2D eigenvalue weighted by Crippen LogP contribution is -2.38. The first-order chi connectivity index (χ1) is 10.5. The van der Waals surface area contributed by atoms with Gasteiger partial charge in [-0.2, -0.15) is 0 Å². The van der Waals surface area contributed by atoms with Crippen molar-refractivity contribution in [2.24, 2.45) is 0 Å². The highest BCUT2D eigenvalue weighted by atomic mass is 16.5. The van der Waals surface area contributed by atoms with Crippen molar-refractivity contribution in [2.45, 2.75) is 39.8 Å². The predicted molar refractivity (Wildman–Crippen MR) is 89.0 cm³/mol. The molecule has 0 aliphatic heterocycles. The summed E-state index contributed by atoms with van der Waals surface area (Å²) in [4.78, 5) is 12.3. The van der Waals surface area contributed by atoms with Gasteiger partial charge in [-0.25, -0.2) is 0 Å². The third-order valence-corrected chi connectivity index (χ3v) is 3.69. The third-order valence-electron chi connectivity index (χ3n) is 3.69. The lowest BCUT2D eigenvalue weighted by Gasteiger charge is -2.20. The van der Waals surface area contributed by atoms with Gasteiger partial charge in [-0.15, -0.1) is 0 Å². The van der Waals surface area contributed by atoms with E-state index in [2.05, 4.69) is 37.4 Å². The molecule has 3 heteroatoms. The number of carbonyl (C=O) groups excluding carboxylic acids is 1. The van der Waals surface area contributed by atoms with Gasteiger partial charge >= 0.3 is 0 Å². The average Bonchev–Trinajstić information content (AvgIpc) is 2.50. The number of benzene rings is 2. The SMILES string of the molecule is Cc1ccc(C)c([C@@H](C)NC(=O)[C@H](C)Oc2ccccc2)c1. The fourth-order valence-electron chi connectivity index (χ4n) is 2.39. The Balaban J connectivity index is 2.00. The van der Waals surface area contributed by atoms with Crippen LogP contribution in [0.4, 0.5) is 0 Å². The monoisotopic (exact) mass is 297 g/mol. The highest BCUT2D eigenvalue weighted by molar-refractivity contribution is 5.81. The van der Waals surface area contributed by atoms with Crippen LogP contribution in [0.15, 0.2) is 48.5 Å². The Hall–Kier alpha value is -2.29. The molecular formula is C19H23NO2. The molecule has 0 unspecified atom stereocenters. The van der Waals surface area contributed by atoms with E-state index in [1.807, 2.05) is 37.3 Å². The summed E-state index contributed by atoms with van der Waals surface area (Å²) in [5.74, 6) is 0.585. The molecule has 1 amide bonds. The van der Waals surface area contributed by atoms with Gasteiger partial charge in [0.15, 0.2) is 6.10 Å². The topological polar surface area (TPSA) is 38.3 Å². The molecule has 0 spiro atoms. The van der Waals surface area contributed by atoms with Crippen LogP contribution in [-0.2, 0) is 4.79 Å². The van der Waals surface area contributed by atoms with Crippen molar-refractivity contribution in [1.29, 1.82) is 0 Å². The number of nitrogens with one attached hydrogen (secondary N) is 1. The van der Waals surface area contributed by atoms with E-state index in [0.29, 0.717) is 5.75 Å². The fourth-order valence-corrected chi connectivity index (χ4v) is 2.39. The summed E-state index contributed by atoms with van der Waals surface area (Å²) in [5, 5.41) is 3.02. The first-order valence-corrected chi connectivity index (χ1v) is 7.56. The summed E-state index contributed by atoms with van der Waals surface area (Å²) < 4.78 is 5.65. The van der Waals surface area contributed by atoms with Gasteiger partial charge in [-0.3, -0.25) is 4.79 Å². The Morgan fingerprint density at radius 3 is 2.41 bits per heavy atom. The maximum Gasteiger partial charge on any atom is 0.261 e. The molecule has 3 nitrogen and oxygen atoms in total. The van der Waals surface area contributed by atoms with Crippen molar-refractivity contribution in [2.75, 3.05) is 0 Å². The second-order valence-corrected chi connectivity index (χ2v) is 5.66. The van der Waals surface area contributed by atoms with Gasteiger partial charge in [0.2, 0.25) is 0 Å². The number of amides is 1. The molecule has 2 aromatic rings. The van der Waals surface area contributed by atoms with E-state index in [1.54, 1.807) is 6.92 Å². The number of hydrogen-bond donors (Lipinski definition) is 1. The standard InChI is InChI=1S/C19H23NO2/c1-13-10-11-14(2)18(12-13)15(3)20-19(21)16(4)22-17-8-6-5-7-9-17/h5-12,15-16H,1-4H3,(H,20,21)/t15-,16+/m1/s1. The summed E-state index contributed by atoms with van der Waals surface area (Å²) >= 11 is 0. The van der Waals surface area contributed by atoms with Gasteiger partial charge in [-0.1, -0.05) is 42.0 Å². The molecular weight excluding hydrogens is 274 g/mol. The van der Waals surface area contributed by atoms with E-state index in [0.717, 1.165) is 5.56 Å². The van der Waals surface area contributed by atoms with Gasteiger partial charge in [0.1, 0.15) is 5.75 Å². The Kier molecular flexibility index (Phi) is 5.21. The minimum atomic E-state index is -0.532. The molecule has 0 saturated heterocycles. The molecule has 0 aromatic heterocycles. The second-order valence-electron chi connectivity index (χ2n) is 5.66. The molecule has 0 fully saturated rings. The number of aryl methyl sites for hydroxylation is 2. The van der Waals surface area contributed by atoms with Gasteiger partial charge < -0.3 is 10.1 Å². The Morgan fingerprint density at radius 2 is 1.73 bits per heavy atom. The normalized spacial score (nSPS) is 13.3. The van der Waals surface area contributed by atoms with Crippen LogP contribution in [0.2, 0.25) is 0 Å². The largest absolute Gasteiger partial charge is 0.481 e. The fraction of sp³-hybridized carbons (Fsp3) is 0.316. The zero-order valence-electron chi connectivity index (χ0n) is 13.6. The van der Waals surface area contributed by atoms with Crippen LogP contribution in [0.25, 0.3) is 0 Å². The summed E-state index contributed by atoms with van der Waals surface area (Å²) in [7, 11) is 0. The Labute approximate surface area is 132 Å². The molecule has 22 heavy (non-hydrogen) atoms. The molecule has 116 valence electrons. The predicted octanol–water partition coefficient (Wildman–Crippen LogP) is 3.95. The average molecular weight is 297 g/mol. The van der Waals surface area contributed by atoms with Crippen LogP contribution in [0.3, 0.4) is 0 Å². The summed E-state index contributed by atoms with van der Waals surface area (Å²) in [6.07, 6.45) is -0.532. The number of ether oxygens (including phenoxy) is 1. The van der Waals surface area contributed by atoms with Crippen molar-refractivity contribution in [3.63, 3.8) is 0 Å². The van der Waals surface area contributed by atoms with E-state index in [-0.39, 0.29) is 11.9 Å². The smallest absolute Gasteiger partial charge is 0.261 e. The molecule has 2 atom stereocenters. The van der Waals surface area contributed by atoms with E-state index in [1.165, 1.54) is 11.1 Å². The van der Waals surface area contributed by atoms with E-state index in [9.17, 15) is 4.79 Å². The molecule has 0 aliphatic carbocycles. The Morgan fingerprint density at radius 1 is 1.05 bits per heavy atom. The molecule has 0 aliphatic rings. The summed E-state index contributed by atoms with van der Waals surface area (Å²) in [6, 6.07) is 15.6. The van der Waals surface area contributed by atoms with Crippen LogP contribution in [0.5, 0.6) is 5.75 Å². The van der Waals surface area contributed by atoms with Crippen LogP contribution >= 0.6 is 0 Å². The number of para-hydroxylation sites is 1. The maximum atomic E-state index is 12.3. The zero-order chi connectivity index (χ0) is 16.1. The van der Waals surface area contributed by atoms with Crippen molar-refractivity contribution < 1.29 is 9.53 Å². The lowest BCUT2D eigenvalue weighted by atomic mass is 10.00. The second kappa shape index (κ2) is 7.12. The van der Waals surface area contributed by atoms with E-state index in [4.69, 9.17) is 4.74 Å². The summed E-state index contributed by atoms with van der Waals surface area (Å²) in [5.41, 5.74) is 3.51. The van der Waals surface area contributed by atoms with Crippen molar-refractivity contribution in [3.8, 4) is 5.75 Å². The van der Waals surface area contributed by atoms with Gasteiger partial charge in [0.05, 0.1) is 6.04 Å². The minimum absolute atomic E-state index is 0.0470. The van der Waals surface area contributed by atoms with E-state index < -0.39 is 6.10 Å². The number of carbonyl (C=O) groups is 1. The quantitative estimate of drug-likeness (QED) is 0.907. The van der Waals surface area contributed by atoms with E-state index >= 15 is 0 Å². The zero-order valence-corrected chi connectivity index (χ0v) is 13.6. The lowest BCUT2D eigenvalue weighted by molar-refractivity contribution is -0.127. The summed E-state index contributed by atoms with van der Waals surface area (Å²) in [6.45, 7) is 7.87. The van der Waals surface area contributed by atoms with Gasteiger partial charge in [-0.05, 0) is 51.0 Å². The molecule has 2 rings (SSSR count). The van der Waals surface area contributed by atoms with Crippen LogP contribution in [0, 0.1) is 13.8 Å². The molecule has 0 saturated carbocycles. The van der Waals surface area contributed by atoms with Gasteiger partial charge in [0, 0.05) is 0 Å².